The van der Waals surface area contributed by atoms with Crippen molar-refractivity contribution in [1.82, 2.24) is 15.0 Å². The molecule has 0 fully saturated rings. The van der Waals surface area contributed by atoms with Crippen molar-refractivity contribution in [2.45, 2.75) is 0 Å². The zero-order valence-electron chi connectivity index (χ0n) is 23.2. The highest BCUT2D eigenvalue weighted by Gasteiger charge is 2.13. The lowest BCUT2D eigenvalue weighted by molar-refractivity contribution is 1.07. The Kier molecular flexibility index (Phi) is 7.43. The number of hydrogen-bond donors (Lipinski definition) is 0. The van der Waals surface area contributed by atoms with E-state index in [1.807, 2.05) is 12.1 Å². The number of halogens is 1. The topological polar surface area (TPSA) is 38.7 Å². The number of nitrogens with zero attached hydrogens (tertiary/aromatic N) is 3. The third-order valence-electron chi connectivity index (χ3n) is 7.46. The molecule has 0 N–H and O–H groups in total. The molecule has 3 nitrogen and oxygen atoms in total. The van der Waals surface area contributed by atoms with E-state index in [0.717, 1.165) is 43.4 Å². The van der Waals surface area contributed by atoms with E-state index in [4.69, 9.17) is 15.0 Å². The van der Waals surface area contributed by atoms with Crippen molar-refractivity contribution in [3.8, 4) is 67.5 Å². The molecule has 0 saturated heterocycles. The van der Waals surface area contributed by atoms with Crippen molar-refractivity contribution in [2.75, 3.05) is 0 Å². The Hall–Kier alpha value is -5.19. The van der Waals surface area contributed by atoms with Crippen molar-refractivity contribution in [3.05, 3.63) is 162 Å². The minimum Gasteiger partial charge on any atom is -0.208 e. The lowest BCUT2D eigenvalue weighted by atomic mass is 10.0. The lowest BCUT2D eigenvalue weighted by Gasteiger charge is -2.10. The van der Waals surface area contributed by atoms with Crippen LogP contribution in [0.1, 0.15) is 0 Å². The number of rotatable bonds is 6. The van der Waals surface area contributed by atoms with Crippen molar-refractivity contribution >= 4 is 15.9 Å². The molecule has 4 heteroatoms. The maximum Gasteiger partial charge on any atom is 0.164 e. The molecule has 0 aliphatic rings. The summed E-state index contributed by atoms with van der Waals surface area (Å²) in [6.45, 7) is 0. The first-order valence-electron chi connectivity index (χ1n) is 14.1. The van der Waals surface area contributed by atoms with Gasteiger partial charge in [0.2, 0.25) is 0 Å². The summed E-state index contributed by atoms with van der Waals surface area (Å²) in [7, 11) is 0. The van der Waals surface area contributed by atoms with Gasteiger partial charge in [0.15, 0.2) is 17.5 Å². The molecule has 0 bridgehead atoms. The minimum atomic E-state index is 0.640. The second kappa shape index (κ2) is 12.0. The third-order valence-corrected chi connectivity index (χ3v) is 7.99. The Morgan fingerprint density at radius 3 is 0.791 bits per heavy atom. The molecular formula is C39H26BrN3. The lowest BCUT2D eigenvalue weighted by Crippen LogP contribution is -2.00. The van der Waals surface area contributed by atoms with Gasteiger partial charge in [0.1, 0.15) is 0 Å². The number of aromatic nitrogens is 3. The van der Waals surface area contributed by atoms with Crippen LogP contribution in [0.4, 0.5) is 0 Å². The summed E-state index contributed by atoms with van der Waals surface area (Å²) >= 11 is 3.52. The van der Waals surface area contributed by atoms with Gasteiger partial charge in [-0.2, -0.15) is 0 Å². The SMILES string of the molecule is Brc1ccc(-c2ccc(-c3nc(-c4ccc(-c5ccccc5)cc4)nc(-c4ccc(-c5ccccc5)cc4)n3)cc2)cc1. The van der Waals surface area contributed by atoms with Crippen LogP contribution in [0.3, 0.4) is 0 Å². The van der Waals surface area contributed by atoms with Crippen LogP contribution in [0, 0.1) is 0 Å². The molecule has 0 amide bonds. The zero-order valence-corrected chi connectivity index (χ0v) is 24.8. The van der Waals surface area contributed by atoms with Gasteiger partial charge >= 0.3 is 0 Å². The maximum atomic E-state index is 4.95. The van der Waals surface area contributed by atoms with E-state index >= 15 is 0 Å². The monoisotopic (exact) mass is 615 g/mol. The van der Waals surface area contributed by atoms with Crippen LogP contribution in [0.2, 0.25) is 0 Å². The summed E-state index contributed by atoms with van der Waals surface area (Å²) in [5, 5.41) is 0. The fraction of sp³-hybridized carbons (Fsp3) is 0. The first kappa shape index (κ1) is 26.7. The number of benzene rings is 6. The largest absolute Gasteiger partial charge is 0.208 e. The van der Waals surface area contributed by atoms with Crippen molar-refractivity contribution < 1.29 is 0 Å². The third kappa shape index (κ3) is 5.92. The molecule has 0 aliphatic heterocycles. The van der Waals surface area contributed by atoms with Crippen molar-refractivity contribution in [3.63, 3.8) is 0 Å². The van der Waals surface area contributed by atoms with Gasteiger partial charge in [-0.3, -0.25) is 0 Å². The Bertz CT molecular complexity index is 1870. The summed E-state index contributed by atoms with van der Waals surface area (Å²) in [5.41, 5.74) is 9.77. The summed E-state index contributed by atoms with van der Waals surface area (Å²) < 4.78 is 1.06. The zero-order chi connectivity index (χ0) is 29.0. The van der Waals surface area contributed by atoms with E-state index in [1.54, 1.807) is 0 Å². The van der Waals surface area contributed by atoms with E-state index in [1.165, 1.54) is 11.1 Å². The first-order valence-corrected chi connectivity index (χ1v) is 14.9. The van der Waals surface area contributed by atoms with E-state index < -0.39 is 0 Å². The smallest absolute Gasteiger partial charge is 0.164 e. The highest BCUT2D eigenvalue weighted by Crippen LogP contribution is 2.30. The predicted molar refractivity (Wildman–Crippen MR) is 180 cm³/mol. The average Bonchev–Trinajstić information content (AvgIpc) is 3.09. The number of hydrogen-bond acceptors (Lipinski definition) is 3. The van der Waals surface area contributed by atoms with Gasteiger partial charge in [-0.15, -0.1) is 0 Å². The van der Waals surface area contributed by atoms with Crippen LogP contribution in [0.15, 0.2) is 162 Å². The van der Waals surface area contributed by atoms with Crippen LogP contribution in [0.5, 0.6) is 0 Å². The molecule has 6 aromatic carbocycles. The summed E-state index contributed by atoms with van der Waals surface area (Å²) in [5.74, 6) is 1.93. The molecular weight excluding hydrogens is 590 g/mol. The molecule has 0 saturated carbocycles. The van der Waals surface area contributed by atoms with Gasteiger partial charge < -0.3 is 0 Å². The van der Waals surface area contributed by atoms with Crippen molar-refractivity contribution in [1.29, 1.82) is 0 Å². The van der Waals surface area contributed by atoms with Crippen molar-refractivity contribution in [2.24, 2.45) is 0 Å². The Morgan fingerprint density at radius 1 is 0.256 bits per heavy atom. The van der Waals surface area contributed by atoms with E-state index in [0.29, 0.717) is 17.5 Å². The molecule has 1 heterocycles. The Balaban J connectivity index is 1.28. The molecule has 7 aromatic rings. The highest BCUT2D eigenvalue weighted by molar-refractivity contribution is 9.10. The quantitative estimate of drug-likeness (QED) is 0.187. The molecule has 43 heavy (non-hydrogen) atoms. The molecule has 7 rings (SSSR count). The van der Waals surface area contributed by atoms with Crippen LogP contribution in [-0.4, -0.2) is 15.0 Å². The molecule has 0 atom stereocenters. The summed E-state index contributed by atoms with van der Waals surface area (Å²) in [6.07, 6.45) is 0. The molecule has 0 aliphatic carbocycles. The Labute approximate surface area is 259 Å². The van der Waals surface area contributed by atoms with Crippen LogP contribution in [0.25, 0.3) is 67.5 Å². The molecule has 0 spiro atoms. The van der Waals surface area contributed by atoms with E-state index in [2.05, 4.69) is 162 Å². The highest BCUT2D eigenvalue weighted by atomic mass is 79.9. The van der Waals surface area contributed by atoms with E-state index in [-0.39, 0.29) is 0 Å². The second-order valence-electron chi connectivity index (χ2n) is 10.3. The van der Waals surface area contributed by atoms with Gasteiger partial charge in [-0.1, -0.05) is 162 Å². The predicted octanol–water partition coefficient (Wildman–Crippen LogP) is 10.6. The maximum absolute atomic E-state index is 4.95. The second-order valence-corrected chi connectivity index (χ2v) is 11.2. The fourth-order valence-electron chi connectivity index (χ4n) is 5.10. The molecule has 0 unspecified atom stereocenters. The standard InChI is InChI=1S/C39H26BrN3/c40-36-25-23-32(24-26-36)31-15-21-35(22-16-31)39-42-37(33-17-11-29(12-18-33)27-7-3-1-4-8-27)41-38(43-39)34-19-13-30(14-20-34)28-9-5-2-6-10-28/h1-26H. The summed E-state index contributed by atoms with van der Waals surface area (Å²) in [4.78, 5) is 14.9. The van der Waals surface area contributed by atoms with Gasteiger partial charge in [-0.25, -0.2) is 15.0 Å². The molecule has 0 radical (unpaired) electrons. The molecule has 1 aromatic heterocycles. The first-order chi connectivity index (χ1) is 21.2. The van der Waals surface area contributed by atoms with Gasteiger partial charge in [0.25, 0.3) is 0 Å². The molecule has 204 valence electrons. The Morgan fingerprint density at radius 2 is 0.488 bits per heavy atom. The van der Waals surface area contributed by atoms with Crippen LogP contribution < -0.4 is 0 Å². The van der Waals surface area contributed by atoms with Crippen LogP contribution in [-0.2, 0) is 0 Å². The van der Waals surface area contributed by atoms with Gasteiger partial charge in [0, 0.05) is 21.2 Å². The normalized spacial score (nSPS) is 10.9. The van der Waals surface area contributed by atoms with Gasteiger partial charge in [0.05, 0.1) is 0 Å². The van der Waals surface area contributed by atoms with Gasteiger partial charge in [-0.05, 0) is 45.5 Å². The van der Waals surface area contributed by atoms with E-state index in [9.17, 15) is 0 Å². The average molecular weight is 617 g/mol. The summed E-state index contributed by atoms with van der Waals surface area (Å²) in [6, 6.07) is 54.3. The van der Waals surface area contributed by atoms with Crippen LogP contribution >= 0.6 is 15.9 Å². The minimum absolute atomic E-state index is 0.640. The fourth-order valence-corrected chi connectivity index (χ4v) is 5.37.